The molecule has 0 fully saturated rings. The summed E-state index contributed by atoms with van der Waals surface area (Å²) in [6.45, 7) is 1.69. The zero-order valence-corrected chi connectivity index (χ0v) is 15.8. The summed E-state index contributed by atoms with van der Waals surface area (Å²) < 4.78 is 26.6. The van der Waals surface area contributed by atoms with E-state index >= 15 is 0 Å². The number of pyridine rings is 1. The van der Waals surface area contributed by atoms with Crippen LogP contribution in [0.3, 0.4) is 0 Å². The second-order valence-electron chi connectivity index (χ2n) is 5.44. The standard InChI is InChI=1S/C17H13Cl2N3O3S/c1-11-8-16(14(19)9-13(11)18)26(24,25)22-7-5-12(10-22)21-17(23)15-4-2-3-6-20-15/h2-10H,1H3,(H,21,23). The lowest BCUT2D eigenvalue weighted by Gasteiger charge is -2.09. The molecule has 2 heterocycles. The summed E-state index contributed by atoms with van der Waals surface area (Å²) in [4.78, 5) is 16.0. The number of aromatic nitrogens is 2. The second kappa shape index (κ2) is 7.11. The number of nitrogens with zero attached hydrogens (tertiary/aromatic N) is 2. The SMILES string of the molecule is Cc1cc(S(=O)(=O)n2ccc(NC(=O)c3ccccn3)c2)c(Cl)cc1Cl. The van der Waals surface area contributed by atoms with E-state index in [1.54, 1.807) is 25.1 Å². The first-order valence-corrected chi connectivity index (χ1v) is 9.60. The highest BCUT2D eigenvalue weighted by Gasteiger charge is 2.22. The average Bonchev–Trinajstić information content (AvgIpc) is 3.08. The minimum absolute atomic E-state index is 0.0216. The van der Waals surface area contributed by atoms with Crippen LogP contribution < -0.4 is 5.32 Å². The van der Waals surface area contributed by atoms with E-state index in [4.69, 9.17) is 23.2 Å². The number of anilines is 1. The van der Waals surface area contributed by atoms with Crippen LogP contribution in [0.2, 0.25) is 10.0 Å². The summed E-state index contributed by atoms with van der Waals surface area (Å²) in [5.41, 5.74) is 1.12. The Kier molecular flexibility index (Phi) is 5.04. The molecule has 0 bridgehead atoms. The third kappa shape index (κ3) is 3.60. The summed E-state index contributed by atoms with van der Waals surface area (Å²) in [6, 6.07) is 9.19. The number of hydrogen-bond acceptors (Lipinski definition) is 4. The largest absolute Gasteiger partial charge is 0.319 e. The van der Waals surface area contributed by atoms with Gasteiger partial charge in [-0.3, -0.25) is 9.78 Å². The molecule has 134 valence electrons. The molecule has 0 saturated heterocycles. The molecule has 6 nitrogen and oxygen atoms in total. The maximum absolute atomic E-state index is 12.8. The van der Waals surface area contributed by atoms with E-state index in [1.807, 2.05) is 0 Å². The predicted octanol–water partition coefficient (Wildman–Crippen LogP) is 3.99. The van der Waals surface area contributed by atoms with Crippen LogP contribution in [0.5, 0.6) is 0 Å². The molecule has 0 aliphatic rings. The molecule has 1 N–H and O–H groups in total. The van der Waals surface area contributed by atoms with Crippen molar-refractivity contribution >= 4 is 44.8 Å². The Morgan fingerprint density at radius 3 is 2.62 bits per heavy atom. The average molecular weight is 410 g/mol. The molecule has 0 aliphatic heterocycles. The van der Waals surface area contributed by atoms with E-state index in [-0.39, 0.29) is 15.6 Å². The van der Waals surface area contributed by atoms with Crippen molar-refractivity contribution in [3.05, 3.63) is 76.3 Å². The van der Waals surface area contributed by atoms with E-state index in [9.17, 15) is 13.2 Å². The van der Waals surface area contributed by atoms with Gasteiger partial charge in [0.2, 0.25) is 0 Å². The molecular formula is C17H13Cl2N3O3S. The number of nitrogens with one attached hydrogen (secondary N) is 1. The van der Waals surface area contributed by atoms with Gasteiger partial charge in [0.25, 0.3) is 15.9 Å². The van der Waals surface area contributed by atoms with Gasteiger partial charge in [-0.25, -0.2) is 12.4 Å². The molecule has 0 saturated carbocycles. The Balaban J connectivity index is 1.89. The lowest BCUT2D eigenvalue weighted by molar-refractivity contribution is 0.102. The molecule has 3 rings (SSSR count). The van der Waals surface area contributed by atoms with Crippen LogP contribution in [0, 0.1) is 6.92 Å². The fraction of sp³-hybridized carbons (Fsp3) is 0.0588. The molecule has 0 radical (unpaired) electrons. The number of aryl methyl sites for hydroxylation is 1. The number of amides is 1. The van der Waals surface area contributed by atoms with Crippen LogP contribution in [0.15, 0.2) is 59.9 Å². The highest BCUT2D eigenvalue weighted by atomic mass is 35.5. The van der Waals surface area contributed by atoms with E-state index in [2.05, 4.69) is 10.3 Å². The van der Waals surface area contributed by atoms with E-state index < -0.39 is 15.9 Å². The normalized spacial score (nSPS) is 11.3. The van der Waals surface area contributed by atoms with Crippen LogP contribution in [-0.4, -0.2) is 23.3 Å². The number of carbonyl (C=O) groups excluding carboxylic acids is 1. The number of halogens is 2. The summed E-state index contributed by atoms with van der Waals surface area (Å²) in [5.74, 6) is -0.443. The topological polar surface area (TPSA) is 81.1 Å². The molecule has 0 aliphatic carbocycles. The Morgan fingerprint density at radius 2 is 1.92 bits per heavy atom. The molecule has 1 aromatic carbocycles. The Morgan fingerprint density at radius 1 is 1.15 bits per heavy atom. The maximum Gasteiger partial charge on any atom is 0.274 e. The van der Waals surface area contributed by atoms with E-state index in [0.717, 1.165) is 3.97 Å². The Bertz CT molecular complexity index is 1080. The van der Waals surface area contributed by atoms with Crippen molar-refractivity contribution in [1.29, 1.82) is 0 Å². The molecule has 0 unspecified atom stereocenters. The second-order valence-corrected chi connectivity index (χ2v) is 8.06. The summed E-state index contributed by atoms with van der Waals surface area (Å²) in [5, 5.41) is 3.00. The van der Waals surface area contributed by atoms with Crippen molar-refractivity contribution < 1.29 is 13.2 Å². The molecule has 1 amide bonds. The van der Waals surface area contributed by atoms with Crippen molar-refractivity contribution in [2.75, 3.05) is 5.32 Å². The maximum atomic E-state index is 12.8. The van der Waals surface area contributed by atoms with Crippen molar-refractivity contribution in [2.24, 2.45) is 0 Å². The van der Waals surface area contributed by atoms with E-state index in [0.29, 0.717) is 16.3 Å². The first-order valence-electron chi connectivity index (χ1n) is 7.40. The Labute approximate surface area is 160 Å². The highest BCUT2D eigenvalue weighted by molar-refractivity contribution is 7.90. The van der Waals surface area contributed by atoms with Gasteiger partial charge in [-0.05, 0) is 42.8 Å². The molecule has 2 aromatic heterocycles. The molecular weight excluding hydrogens is 397 g/mol. The summed E-state index contributed by atoms with van der Waals surface area (Å²) in [6.07, 6.45) is 4.11. The molecule has 9 heteroatoms. The first-order chi connectivity index (χ1) is 12.3. The van der Waals surface area contributed by atoms with Crippen molar-refractivity contribution in [3.63, 3.8) is 0 Å². The zero-order chi connectivity index (χ0) is 18.9. The van der Waals surface area contributed by atoms with Gasteiger partial charge in [0.05, 0.1) is 10.7 Å². The fourth-order valence-corrected chi connectivity index (χ4v) is 4.24. The smallest absolute Gasteiger partial charge is 0.274 e. The van der Waals surface area contributed by atoms with Gasteiger partial charge in [0.1, 0.15) is 10.6 Å². The van der Waals surface area contributed by atoms with Crippen molar-refractivity contribution in [2.45, 2.75) is 11.8 Å². The van der Waals surface area contributed by atoms with Crippen LogP contribution in [-0.2, 0) is 10.0 Å². The third-order valence-electron chi connectivity index (χ3n) is 3.59. The van der Waals surface area contributed by atoms with Crippen LogP contribution in [0.25, 0.3) is 0 Å². The number of hydrogen-bond donors (Lipinski definition) is 1. The van der Waals surface area contributed by atoms with Gasteiger partial charge in [-0.2, -0.15) is 0 Å². The van der Waals surface area contributed by atoms with Gasteiger partial charge in [-0.15, -0.1) is 0 Å². The monoisotopic (exact) mass is 409 g/mol. The van der Waals surface area contributed by atoms with Gasteiger partial charge in [0, 0.05) is 23.6 Å². The Hall–Kier alpha value is -2.35. The first kappa shape index (κ1) is 18.4. The molecule has 26 heavy (non-hydrogen) atoms. The molecule has 3 aromatic rings. The summed E-state index contributed by atoms with van der Waals surface area (Å²) >= 11 is 12.0. The number of benzene rings is 1. The molecule has 0 atom stereocenters. The molecule has 0 spiro atoms. The lowest BCUT2D eigenvalue weighted by atomic mass is 10.2. The summed E-state index contributed by atoms with van der Waals surface area (Å²) in [7, 11) is -3.93. The van der Waals surface area contributed by atoms with Crippen LogP contribution >= 0.6 is 23.2 Å². The van der Waals surface area contributed by atoms with Gasteiger partial charge in [-0.1, -0.05) is 29.3 Å². The fourth-order valence-electron chi connectivity index (χ4n) is 2.23. The number of carbonyl (C=O) groups is 1. The predicted molar refractivity (Wildman–Crippen MR) is 100 cm³/mol. The van der Waals surface area contributed by atoms with E-state index in [1.165, 1.54) is 36.8 Å². The third-order valence-corrected chi connectivity index (χ3v) is 6.10. The van der Waals surface area contributed by atoms with Gasteiger partial charge in [0.15, 0.2) is 0 Å². The van der Waals surface area contributed by atoms with Crippen molar-refractivity contribution in [1.82, 2.24) is 8.96 Å². The minimum Gasteiger partial charge on any atom is -0.319 e. The van der Waals surface area contributed by atoms with Gasteiger partial charge >= 0.3 is 0 Å². The highest BCUT2D eigenvalue weighted by Crippen LogP contribution is 2.30. The van der Waals surface area contributed by atoms with Gasteiger partial charge < -0.3 is 5.32 Å². The quantitative estimate of drug-likeness (QED) is 0.705. The zero-order valence-electron chi connectivity index (χ0n) is 13.5. The van der Waals surface area contributed by atoms with Crippen LogP contribution in [0.1, 0.15) is 16.1 Å². The van der Waals surface area contributed by atoms with Crippen LogP contribution in [0.4, 0.5) is 5.69 Å². The minimum atomic E-state index is -3.93. The lowest BCUT2D eigenvalue weighted by Crippen LogP contribution is -2.14. The van der Waals surface area contributed by atoms with Crippen molar-refractivity contribution in [3.8, 4) is 0 Å². The number of rotatable bonds is 4.